The lowest BCUT2D eigenvalue weighted by atomic mass is 10.1. The first-order valence-corrected chi connectivity index (χ1v) is 8.50. The fourth-order valence-corrected chi connectivity index (χ4v) is 2.59. The highest BCUT2D eigenvalue weighted by Crippen LogP contribution is 2.22. The third-order valence-corrected chi connectivity index (χ3v) is 4.06. The van der Waals surface area contributed by atoms with Crippen molar-refractivity contribution in [3.8, 4) is 11.4 Å². The van der Waals surface area contributed by atoms with E-state index in [0.29, 0.717) is 11.0 Å². The first kappa shape index (κ1) is 18.0. The van der Waals surface area contributed by atoms with Crippen LogP contribution in [0.15, 0.2) is 29.4 Å². The summed E-state index contributed by atoms with van der Waals surface area (Å²) in [4.78, 5) is 27.9. The molecule has 2 rings (SSSR count). The number of imide groups is 1. The summed E-state index contributed by atoms with van der Waals surface area (Å²) >= 11 is 1.19. The Bertz CT molecular complexity index is 712. The number of H-pyrrole nitrogens is 1. The minimum absolute atomic E-state index is 0.0363. The molecule has 0 aliphatic heterocycles. The second-order valence-corrected chi connectivity index (χ2v) is 7.02. The van der Waals surface area contributed by atoms with E-state index in [0.717, 1.165) is 11.1 Å². The van der Waals surface area contributed by atoms with Gasteiger partial charge >= 0.3 is 6.03 Å². The largest absolute Gasteiger partial charge is 0.336 e. The molecular formula is C16H21N5O2S. The minimum atomic E-state index is -0.502. The van der Waals surface area contributed by atoms with Crippen LogP contribution < -0.4 is 10.6 Å². The molecule has 1 aromatic carbocycles. The van der Waals surface area contributed by atoms with Crippen molar-refractivity contribution in [1.82, 2.24) is 25.8 Å². The summed E-state index contributed by atoms with van der Waals surface area (Å²) in [7, 11) is 0. The van der Waals surface area contributed by atoms with E-state index < -0.39 is 11.3 Å². The first-order valence-electron chi connectivity index (χ1n) is 7.62. The molecular weight excluding hydrogens is 326 g/mol. The van der Waals surface area contributed by atoms with Crippen LogP contribution in [0.2, 0.25) is 0 Å². The Morgan fingerprint density at radius 2 is 1.83 bits per heavy atom. The van der Waals surface area contributed by atoms with Crippen LogP contribution in [-0.2, 0) is 4.79 Å². The second-order valence-electron chi connectivity index (χ2n) is 5.71. The molecule has 0 aliphatic carbocycles. The highest BCUT2D eigenvalue weighted by molar-refractivity contribution is 8.00. The number of benzene rings is 1. The molecule has 1 aromatic heterocycles. The summed E-state index contributed by atoms with van der Waals surface area (Å²) in [6.07, 6.45) is 0. The highest BCUT2D eigenvalue weighted by Gasteiger charge is 2.19. The third kappa shape index (κ3) is 5.09. The van der Waals surface area contributed by atoms with Crippen LogP contribution in [0.25, 0.3) is 11.4 Å². The van der Waals surface area contributed by atoms with Gasteiger partial charge in [0.1, 0.15) is 0 Å². The van der Waals surface area contributed by atoms with E-state index >= 15 is 0 Å². The first-order chi connectivity index (χ1) is 11.3. The summed E-state index contributed by atoms with van der Waals surface area (Å²) in [6.45, 7) is 7.36. The SMILES string of the molecule is Cc1ccc(-c2nc(S[C@@H](C)C(=O)NC(=O)NC(C)C)n[nH]2)cc1. The van der Waals surface area contributed by atoms with E-state index in [1.54, 1.807) is 6.92 Å². The topological polar surface area (TPSA) is 99.8 Å². The molecule has 2 aromatic rings. The van der Waals surface area contributed by atoms with E-state index in [9.17, 15) is 9.59 Å². The number of amides is 3. The molecule has 24 heavy (non-hydrogen) atoms. The van der Waals surface area contributed by atoms with Gasteiger partial charge in [0.25, 0.3) is 0 Å². The number of urea groups is 1. The van der Waals surface area contributed by atoms with E-state index in [1.165, 1.54) is 11.8 Å². The predicted molar refractivity (Wildman–Crippen MR) is 93.7 cm³/mol. The standard InChI is InChI=1S/C16H21N5O2S/c1-9(2)17-15(23)19-14(22)11(4)24-16-18-13(20-21-16)12-7-5-10(3)6-8-12/h5-9,11H,1-4H3,(H,18,20,21)(H2,17,19,22,23)/t11-/m0/s1. The van der Waals surface area contributed by atoms with Crippen molar-refractivity contribution in [3.63, 3.8) is 0 Å². The number of carbonyl (C=O) groups is 2. The molecule has 0 saturated carbocycles. The van der Waals surface area contributed by atoms with Crippen LogP contribution in [-0.4, -0.2) is 38.4 Å². The quantitative estimate of drug-likeness (QED) is 0.722. The highest BCUT2D eigenvalue weighted by atomic mass is 32.2. The molecule has 0 aliphatic rings. The zero-order valence-electron chi connectivity index (χ0n) is 14.1. The van der Waals surface area contributed by atoms with Gasteiger partial charge in [0, 0.05) is 11.6 Å². The number of nitrogens with one attached hydrogen (secondary N) is 3. The normalized spacial score (nSPS) is 12.0. The molecule has 1 heterocycles. The summed E-state index contributed by atoms with van der Waals surface area (Å²) in [6, 6.07) is 7.36. The summed E-state index contributed by atoms with van der Waals surface area (Å²) < 4.78 is 0. The maximum Gasteiger partial charge on any atom is 0.321 e. The lowest BCUT2D eigenvalue weighted by Gasteiger charge is -2.11. The minimum Gasteiger partial charge on any atom is -0.336 e. The fraction of sp³-hybridized carbons (Fsp3) is 0.375. The van der Waals surface area contributed by atoms with Crippen molar-refractivity contribution in [2.45, 2.75) is 44.1 Å². The molecule has 3 amide bonds. The molecule has 8 heteroatoms. The van der Waals surface area contributed by atoms with Crippen molar-refractivity contribution < 1.29 is 9.59 Å². The lowest BCUT2D eigenvalue weighted by molar-refractivity contribution is -0.119. The zero-order valence-corrected chi connectivity index (χ0v) is 14.9. The molecule has 128 valence electrons. The molecule has 0 spiro atoms. The van der Waals surface area contributed by atoms with Gasteiger partial charge in [0.05, 0.1) is 5.25 Å². The Morgan fingerprint density at radius 3 is 2.46 bits per heavy atom. The van der Waals surface area contributed by atoms with Gasteiger partial charge in [-0.15, -0.1) is 5.10 Å². The smallest absolute Gasteiger partial charge is 0.321 e. The molecule has 0 fully saturated rings. The van der Waals surface area contributed by atoms with Crippen molar-refractivity contribution in [2.75, 3.05) is 0 Å². The third-order valence-electron chi connectivity index (χ3n) is 3.10. The van der Waals surface area contributed by atoms with Gasteiger partial charge < -0.3 is 5.32 Å². The molecule has 0 saturated heterocycles. The zero-order chi connectivity index (χ0) is 17.7. The molecule has 1 atom stereocenters. The maximum atomic E-state index is 12.0. The van der Waals surface area contributed by atoms with Crippen LogP contribution in [0.1, 0.15) is 26.3 Å². The van der Waals surface area contributed by atoms with E-state index in [-0.39, 0.29) is 11.9 Å². The Labute approximate surface area is 145 Å². The van der Waals surface area contributed by atoms with Crippen LogP contribution in [0.3, 0.4) is 0 Å². The number of thioether (sulfide) groups is 1. The summed E-state index contributed by atoms with van der Waals surface area (Å²) in [5.41, 5.74) is 2.09. The van der Waals surface area contributed by atoms with Gasteiger partial charge in [-0.2, -0.15) is 0 Å². The number of aryl methyl sites for hydroxylation is 1. The lowest BCUT2D eigenvalue weighted by Crippen LogP contribution is -2.45. The van der Waals surface area contributed by atoms with Crippen molar-refractivity contribution >= 4 is 23.7 Å². The van der Waals surface area contributed by atoms with Crippen molar-refractivity contribution in [2.24, 2.45) is 0 Å². The number of nitrogens with zero attached hydrogens (tertiary/aromatic N) is 2. The molecule has 0 radical (unpaired) electrons. The second kappa shape index (κ2) is 7.96. The maximum absolute atomic E-state index is 12.0. The van der Waals surface area contributed by atoms with E-state index in [2.05, 4.69) is 25.8 Å². The van der Waals surface area contributed by atoms with Crippen LogP contribution in [0, 0.1) is 6.92 Å². The Morgan fingerprint density at radius 1 is 1.17 bits per heavy atom. The number of rotatable bonds is 5. The van der Waals surface area contributed by atoms with Gasteiger partial charge in [-0.1, -0.05) is 41.6 Å². The average molecular weight is 347 g/mol. The number of hydrogen-bond donors (Lipinski definition) is 3. The summed E-state index contributed by atoms with van der Waals surface area (Å²) in [5, 5.41) is 11.8. The van der Waals surface area contributed by atoms with E-state index in [1.807, 2.05) is 45.0 Å². The van der Waals surface area contributed by atoms with Gasteiger partial charge in [-0.3, -0.25) is 15.2 Å². The van der Waals surface area contributed by atoms with Gasteiger partial charge in [0.2, 0.25) is 11.1 Å². The van der Waals surface area contributed by atoms with Gasteiger partial charge in [-0.05, 0) is 27.7 Å². The molecule has 0 unspecified atom stereocenters. The van der Waals surface area contributed by atoms with Crippen LogP contribution in [0.5, 0.6) is 0 Å². The average Bonchev–Trinajstić information content (AvgIpc) is 2.95. The predicted octanol–water partition coefficient (Wildman–Crippen LogP) is 2.49. The number of carbonyl (C=O) groups excluding carboxylic acids is 2. The molecule has 3 N–H and O–H groups in total. The van der Waals surface area contributed by atoms with Crippen LogP contribution in [0.4, 0.5) is 4.79 Å². The Balaban J connectivity index is 1.95. The van der Waals surface area contributed by atoms with Gasteiger partial charge in [0.15, 0.2) is 5.82 Å². The fourth-order valence-electron chi connectivity index (χ4n) is 1.86. The van der Waals surface area contributed by atoms with Crippen molar-refractivity contribution in [3.05, 3.63) is 29.8 Å². The number of hydrogen-bond acceptors (Lipinski definition) is 5. The number of aromatic nitrogens is 3. The Hall–Kier alpha value is -2.35. The summed E-state index contributed by atoms with van der Waals surface area (Å²) in [5.74, 6) is 0.252. The van der Waals surface area contributed by atoms with Crippen LogP contribution >= 0.6 is 11.8 Å². The van der Waals surface area contributed by atoms with Gasteiger partial charge in [-0.25, -0.2) is 9.78 Å². The Kier molecular flexibility index (Phi) is 5.97. The monoisotopic (exact) mass is 347 g/mol. The van der Waals surface area contributed by atoms with E-state index in [4.69, 9.17) is 0 Å². The van der Waals surface area contributed by atoms with Crippen molar-refractivity contribution in [1.29, 1.82) is 0 Å². The molecule has 0 bridgehead atoms. The number of aromatic amines is 1. The molecule has 7 nitrogen and oxygen atoms in total.